The average molecular weight is 238 g/mol. The topological polar surface area (TPSA) is 34.1 Å². The van der Waals surface area contributed by atoms with E-state index in [1.165, 1.54) is 44.9 Å². The minimum Gasteiger partial charge on any atom is -0.299 e. The fourth-order valence-corrected chi connectivity index (χ4v) is 2.67. The summed E-state index contributed by atoms with van der Waals surface area (Å²) in [4.78, 5) is 22.5. The summed E-state index contributed by atoms with van der Waals surface area (Å²) in [6.07, 6.45) is 11.7. The van der Waals surface area contributed by atoms with Crippen molar-refractivity contribution in [2.75, 3.05) is 0 Å². The van der Waals surface area contributed by atoms with E-state index in [-0.39, 0.29) is 18.0 Å². The van der Waals surface area contributed by atoms with Crippen LogP contribution in [0.2, 0.25) is 0 Å². The van der Waals surface area contributed by atoms with Gasteiger partial charge in [-0.2, -0.15) is 0 Å². The summed E-state index contributed by atoms with van der Waals surface area (Å²) in [5, 5.41) is 0. The van der Waals surface area contributed by atoms with Gasteiger partial charge in [0.2, 0.25) is 0 Å². The number of rotatable bonds is 8. The van der Waals surface area contributed by atoms with Crippen molar-refractivity contribution < 1.29 is 9.59 Å². The zero-order chi connectivity index (χ0) is 12.5. The molecule has 98 valence electrons. The van der Waals surface area contributed by atoms with E-state index >= 15 is 0 Å². The van der Waals surface area contributed by atoms with Crippen LogP contribution in [0.3, 0.4) is 0 Å². The van der Waals surface area contributed by atoms with E-state index in [0.29, 0.717) is 18.8 Å². The van der Waals surface area contributed by atoms with Gasteiger partial charge < -0.3 is 0 Å². The number of Topliss-reactive ketones (excluding diaryl/α,β-unsaturated/α-hetero) is 2. The monoisotopic (exact) mass is 238 g/mol. The Balaban J connectivity index is 1.98. The maximum atomic E-state index is 11.3. The lowest BCUT2D eigenvalue weighted by atomic mass is 9.84. The summed E-state index contributed by atoms with van der Waals surface area (Å²) in [6, 6.07) is 0. The van der Waals surface area contributed by atoms with Crippen molar-refractivity contribution in [3.63, 3.8) is 0 Å². The van der Waals surface area contributed by atoms with Crippen molar-refractivity contribution in [3.05, 3.63) is 0 Å². The standard InChI is InChI=1S/C15H26O2/c1-2-3-4-5-6-7-8-9-13-10-14(16)12-15(17)11-13/h13H,2-12H2,1H3. The zero-order valence-corrected chi connectivity index (χ0v) is 11.2. The average Bonchev–Trinajstić information content (AvgIpc) is 2.26. The van der Waals surface area contributed by atoms with Crippen molar-refractivity contribution in [1.29, 1.82) is 0 Å². The van der Waals surface area contributed by atoms with Crippen LogP contribution >= 0.6 is 0 Å². The molecule has 0 saturated heterocycles. The molecule has 0 atom stereocenters. The highest BCUT2D eigenvalue weighted by Crippen LogP contribution is 2.24. The van der Waals surface area contributed by atoms with Crippen molar-refractivity contribution in [1.82, 2.24) is 0 Å². The molecule has 2 heteroatoms. The van der Waals surface area contributed by atoms with E-state index in [0.717, 1.165) is 6.42 Å². The molecule has 2 nitrogen and oxygen atoms in total. The van der Waals surface area contributed by atoms with E-state index in [1.807, 2.05) is 0 Å². The lowest BCUT2D eigenvalue weighted by Crippen LogP contribution is -2.22. The van der Waals surface area contributed by atoms with Gasteiger partial charge in [0.15, 0.2) is 0 Å². The molecule has 1 fully saturated rings. The van der Waals surface area contributed by atoms with Gasteiger partial charge in [-0.25, -0.2) is 0 Å². The zero-order valence-electron chi connectivity index (χ0n) is 11.2. The Morgan fingerprint density at radius 1 is 0.882 bits per heavy atom. The molecule has 0 spiro atoms. The minimum absolute atomic E-state index is 0.161. The molecule has 0 aromatic carbocycles. The maximum Gasteiger partial charge on any atom is 0.140 e. The van der Waals surface area contributed by atoms with Crippen LogP contribution in [0, 0.1) is 5.92 Å². The van der Waals surface area contributed by atoms with Gasteiger partial charge in [-0.05, 0) is 12.3 Å². The second kappa shape index (κ2) is 8.43. The summed E-state index contributed by atoms with van der Waals surface area (Å²) < 4.78 is 0. The van der Waals surface area contributed by atoms with Crippen molar-refractivity contribution in [3.8, 4) is 0 Å². The first-order valence-electron chi connectivity index (χ1n) is 7.25. The molecule has 0 aliphatic heterocycles. The van der Waals surface area contributed by atoms with Crippen molar-refractivity contribution >= 4 is 11.6 Å². The van der Waals surface area contributed by atoms with E-state index in [2.05, 4.69) is 6.92 Å². The van der Waals surface area contributed by atoms with E-state index in [4.69, 9.17) is 0 Å². The molecule has 0 radical (unpaired) electrons. The van der Waals surface area contributed by atoms with Crippen LogP contribution < -0.4 is 0 Å². The van der Waals surface area contributed by atoms with Gasteiger partial charge in [0, 0.05) is 12.8 Å². The summed E-state index contributed by atoms with van der Waals surface area (Å²) >= 11 is 0. The van der Waals surface area contributed by atoms with Crippen LogP contribution in [-0.2, 0) is 9.59 Å². The first-order chi connectivity index (χ1) is 8.22. The molecule has 1 rings (SSSR count). The Kier molecular flexibility index (Phi) is 7.14. The summed E-state index contributed by atoms with van der Waals surface area (Å²) in [7, 11) is 0. The Labute approximate surface area is 105 Å². The molecule has 1 aliphatic carbocycles. The number of ketones is 2. The van der Waals surface area contributed by atoms with Crippen LogP contribution in [0.1, 0.15) is 77.6 Å². The summed E-state index contributed by atoms with van der Waals surface area (Å²) in [5.74, 6) is 0.683. The highest BCUT2D eigenvalue weighted by atomic mass is 16.1. The van der Waals surface area contributed by atoms with Gasteiger partial charge in [-0.3, -0.25) is 9.59 Å². The van der Waals surface area contributed by atoms with Gasteiger partial charge >= 0.3 is 0 Å². The summed E-state index contributed by atoms with van der Waals surface area (Å²) in [5.41, 5.74) is 0. The normalized spacial score (nSPS) is 17.7. The van der Waals surface area contributed by atoms with Gasteiger partial charge in [0.25, 0.3) is 0 Å². The molecule has 0 aromatic heterocycles. The lowest BCUT2D eigenvalue weighted by molar-refractivity contribution is -0.131. The van der Waals surface area contributed by atoms with Crippen molar-refractivity contribution in [2.45, 2.75) is 77.6 Å². The number of hydrogen-bond acceptors (Lipinski definition) is 2. The first kappa shape index (κ1) is 14.4. The van der Waals surface area contributed by atoms with Crippen LogP contribution in [0.25, 0.3) is 0 Å². The quantitative estimate of drug-likeness (QED) is 0.472. The second-order valence-electron chi connectivity index (χ2n) is 5.44. The largest absolute Gasteiger partial charge is 0.299 e. The van der Waals surface area contributed by atoms with Crippen LogP contribution in [0.4, 0.5) is 0 Å². The smallest absolute Gasteiger partial charge is 0.140 e. The molecule has 1 aliphatic rings. The highest BCUT2D eigenvalue weighted by Gasteiger charge is 2.24. The first-order valence-corrected chi connectivity index (χ1v) is 7.25. The van der Waals surface area contributed by atoms with Crippen LogP contribution in [0.15, 0.2) is 0 Å². The van der Waals surface area contributed by atoms with Crippen LogP contribution in [-0.4, -0.2) is 11.6 Å². The molecule has 17 heavy (non-hydrogen) atoms. The van der Waals surface area contributed by atoms with Gasteiger partial charge in [0.1, 0.15) is 11.6 Å². The van der Waals surface area contributed by atoms with Crippen LogP contribution in [0.5, 0.6) is 0 Å². The molecular formula is C15H26O2. The molecule has 0 bridgehead atoms. The highest BCUT2D eigenvalue weighted by molar-refractivity contribution is 6.01. The molecule has 1 saturated carbocycles. The van der Waals surface area contributed by atoms with Gasteiger partial charge in [-0.1, -0.05) is 51.9 Å². The number of unbranched alkanes of at least 4 members (excludes halogenated alkanes) is 6. The SMILES string of the molecule is CCCCCCCCCC1CC(=O)CC(=O)C1. The lowest BCUT2D eigenvalue weighted by Gasteiger charge is -2.19. The number of hydrogen-bond donors (Lipinski definition) is 0. The molecule has 0 aromatic rings. The minimum atomic E-state index is 0.161. The van der Waals surface area contributed by atoms with Gasteiger partial charge in [0.05, 0.1) is 6.42 Å². The third-order valence-electron chi connectivity index (χ3n) is 3.64. The van der Waals surface area contributed by atoms with E-state index < -0.39 is 0 Å². The Morgan fingerprint density at radius 2 is 1.41 bits per heavy atom. The molecule has 0 amide bonds. The summed E-state index contributed by atoms with van der Waals surface area (Å²) in [6.45, 7) is 2.23. The Hall–Kier alpha value is -0.660. The third-order valence-corrected chi connectivity index (χ3v) is 3.64. The Bertz CT molecular complexity index is 229. The van der Waals surface area contributed by atoms with E-state index in [9.17, 15) is 9.59 Å². The van der Waals surface area contributed by atoms with E-state index in [1.54, 1.807) is 0 Å². The molecule has 0 unspecified atom stereocenters. The Morgan fingerprint density at radius 3 is 2.00 bits per heavy atom. The van der Waals surface area contributed by atoms with Crippen molar-refractivity contribution in [2.24, 2.45) is 5.92 Å². The molecule has 0 heterocycles. The predicted molar refractivity (Wildman–Crippen MR) is 70.0 cm³/mol. The molecular weight excluding hydrogens is 212 g/mol. The predicted octanol–water partition coefficient (Wildman–Crippen LogP) is 4.07. The number of carbonyl (C=O) groups excluding carboxylic acids is 2. The fourth-order valence-electron chi connectivity index (χ4n) is 2.67. The molecule has 0 N–H and O–H groups in total. The van der Waals surface area contributed by atoms with Gasteiger partial charge in [-0.15, -0.1) is 0 Å². The maximum absolute atomic E-state index is 11.3. The third kappa shape index (κ3) is 6.60. The number of carbonyl (C=O) groups is 2. The fraction of sp³-hybridized carbons (Fsp3) is 0.867. The second-order valence-corrected chi connectivity index (χ2v) is 5.44.